The van der Waals surface area contributed by atoms with E-state index in [4.69, 9.17) is 21.1 Å². The normalized spacial score (nSPS) is 16.5. The molecule has 0 atom stereocenters. The first-order chi connectivity index (χ1) is 12.0. The van der Waals surface area contributed by atoms with Crippen molar-refractivity contribution < 1.29 is 18.7 Å². The van der Waals surface area contributed by atoms with Crippen LogP contribution < -0.4 is 9.47 Å². The molecule has 2 heterocycles. The lowest BCUT2D eigenvalue weighted by Crippen LogP contribution is -2.45. The molecule has 1 fully saturated rings. The third kappa shape index (κ3) is 4.07. The predicted octanol–water partition coefficient (Wildman–Crippen LogP) is 4.28. The Morgan fingerprint density at radius 3 is 2.76 bits per heavy atom. The maximum absolute atomic E-state index is 15.3. The van der Waals surface area contributed by atoms with Crippen molar-refractivity contribution in [3.8, 4) is 11.5 Å². The van der Waals surface area contributed by atoms with Crippen LogP contribution in [-0.4, -0.2) is 37.6 Å². The molecule has 0 N–H and O–H groups in total. The summed E-state index contributed by atoms with van der Waals surface area (Å²) < 4.78 is 26.4. The number of carbonyl (C=O) groups is 1. The highest BCUT2D eigenvalue weighted by Gasteiger charge is 2.37. The number of hydrogen-bond acceptors (Lipinski definition) is 4. The Balaban J connectivity index is 1.57. The zero-order chi connectivity index (χ0) is 17.9. The van der Waals surface area contributed by atoms with Gasteiger partial charge in [-0.15, -0.1) is 11.3 Å². The molecule has 3 rings (SSSR count). The van der Waals surface area contributed by atoms with Gasteiger partial charge < -0.3 is 14.4 Å². The zero-order valence-corrected chi connectivity index (χ0v) is 15.4. The van der Waals surface area contributed by atoms with Crippen LogP contribution in [0.1, 0.15) is 18.4 Å². The average molecular weight is 384 g/mol. The van der Waals surface area contributed by atoms with E-state index in [1.54, 1.807) is 47.7 Å². The average Bonchev–Trinajstić information content (AvgIpc) is 3.05. The SMILES string of the molecule is COc1cccc(C2(F)CCN(C(=O)COc3ccsc3Cl)CC2)c1. The van der Waals surface area contributed by atoms with Crippen LogP contribution in [0.2, 0.25) is 4.34 Å². The van der Waals surface area contributed by atoms with Gasteiger partial charge in [-0.05, 0) is 29.1 Å². The molecular weight excluding hydrogens is 365 g/mol. The molecular formula is C18H19ClFNO3S. The van der Waals surface area contributed by atoms with Crippen molar-refractivity contribution in [2.75, 3.05) is 26.8 Å². The monoisotopic (exact) mass is 383 g/mol. The van der Waals surface area contributed by atoms with Crippen LogP contribution in [-0.2, 0) is 10.5 Å². The van der Waals surface area contributed by atoms with Crippen LogP contribution in [0, 0.1) is 0 Å². The number of benzene rings is 1. The lowest BCUT2D eigenvalue weighted by Gasteiger charge is -2.36. The largest absolute Gasteiger partial charge is 0.497 e. The fraction of sp³-hybridized carbons (Fsp3) is 0.389. The number of amides is 1. The van der Waals surface area contributed by atoms with Gasteiger partial charge in [-0.25, -0.2) is 4.39 Å². The fourth-order valence-electron chi connectivity index (χ4n) is 2.92. The van der Waals surface area contributed by atoms with Gasteiger partial charge in [0.25, 0.3) is 5.91 Å². The van der Waals surface area contributed by atoms with Crippen molar-refractivity contribution in [2.24, 2.45) is 0 Å². The number of alkyl halides is 1. The third-order valence-corrected chi connectivity index (χ3v) is 5.57. The maximum atomic E-state index is 15.3. The van der Waals surface area contributed by atoms with Gasteiger partial charge in [-0.2, -0.15) is 0 Å². The smallest absolute Gasteiger partial charge is 0.260 e. The summed E-state index contributed by atoms with van der Waals surface area (Å²) in [5, 5.41) is 1.80. The molecule has 1 aliphatic heterocycles. The molecule has 1 aromatic heterocycles. The highest BCUT2D eigenvalue weighted by atomic mass is 35.5. The van der Waals surface area contributed by atoms with Crippen LogP contribution in [0.25, 0.3) is 0 Å². The van der Waals surface area contributed by atoms with E-state index in [9.17, 15) is 4.79 Å². The first kappa shape index (κ1) is 18.0. The van der Waals surface area contributed by atoms with Gasteiger partial charge in [-0.1, -0.05) is 23.7 Å². The number of thiophene rings is 1. The van der Waals surface area contributed by atoms with Crippen molar-refractivity contribution in [1.29, 1.82) is 0 Å². The molecule has 0 spiro atoms. The predicted molar refractivity (Wildman–Crippen MR) is 96.4 cm³/mol. The van der Waals surface area contributed by atoms with E-state index in [1.165, 1.54) is 11.3 Å². The number of piperidine rings is 1. The van der Waals surface area contributed by atoms with E-state index in [-0.39, 0.29) is 25.4 Å². The van der Waals surface area contributed by atoms with E-state index >= 15 is 4.39 Å². The molecule has 0 radical (unpaired) electrons. The molecule has 0 bridgehead atoms. The Hall–Kier alpha value is -1.79. The van der Waals surface area contributed by atoms with Crippen molar-refractivity contribution in [3.63, 3.8) is 0 Å². The number of hydrogen-bond donors (Lipinski definition) is 0. The minimum atomic E-state index is -1.44. The molecule has 1 amide bonds. The molecule has 1 aliphatic rings. The molecule has 0 unspecified atom stereocenters. The van der Waals surface area contributed by atoms with Crippen LogP contribution in [0.3, 0.4) is 0 Å². The Kier molecular flexibility index (Phi) is 5.49. The van der Waals surface area contributed by atoms with Crippen LogP contribution in [0.15, 0.2) is 35.7 Å². The first-order valence-corrected chi connectivity index (χ1v) is 9.24. The summed E-state index contributed by atoms with van der Waals surface area (Å²) in [7, 11) is 1.56. The summed E-state index contributed by atoms with van der Waals surface area (Å²) in [6, 6.07) is 8.79. The first-order valence-electron chi connectivity index (χ1n) is 7.99. The number of halogens is 2. The van der Waals surface area contributed by atoms with Crippen LogP contribution >= 0.6 is 22.9 Å². The van der Waals surface area contributed by atoms with E-state index in [1.807, 2.05) is 0 Å². The topological polar surface area (TPSA) is 38.8 Å². The molecule has 2 aromatic rings. The Bertz CT molecular complexity index is 743. The quantitative estimate of drug-likeness (QED) is 0.773. The summed E-state index contributed by atoms with van der Waals surface area (Å²) in [6.45, 7) is 0.620. The summed E-state index contributed by atoms with van der Waals surface area (Å²) in [5.74, 6) is 0.984. The van der Waals surface area contributed by atoms with E-state index in [0.29, 0.717) is 34.5 Å². The van der Waals surface area contributed by atoms with Crippen molar-refractivity contribution in [3.05, 3.63) is 45.6 Å². The lowest BCUT2D eigenvalue weighted by molar-refractivity contribution is -0.136. The van der Waals surface area contributed by atoms with Crippen molar-refractivity contribution >= 4 is 28.8 Å². The lowest BCUT2D eigenvalue weighted by atomic mass is 9.86. The summed E-state index contributed by atoms with van der Waals surface area (Å²) in [5.41, 5.74) is -0.844. The van der Waals surface area contributed by atoms with Gasteiger partial charge in [0.05, 0.1) is 7.11 Å². The van der Waals surface area contributed by atoms with Crippen molar-refractivity contribution in [2.45, 2.75) is 18.5 Å². The summed E-state index contributed by atoms with van der Waals surface area (Å²) in [6.07, 6.45) is 0.510. The van der Waals surface area contributed by atoms with Crippen molar-refractivity contribution in [1.82, 2.24) is 4.90 Å². The summed E-state index contributed by atoms with van der Waals surface area (Å²) >= 11 is 7.30. The Morgan fingerprint density at radius 2 is 2.12 bits per heavy atom. The van der Waals surface area contributed by atoms with E-state index in [0.717, 1.165) is 0 Å². The van der Waals surface area contributed by atoms with Gasteiger partial charge in [0.1, 0.15) is 21.5 Å². The van der Waals surface area contributed by atoms with E-state index < -0.39 is 5.67 Å². The summed E-state index contributed by atoms with van der Waals surface area (Å²) in [4.78, 5) is 13.9. The standard InChI is InChI=1S/C18H19ClFNO3S/c1-23-14-4-2-3-13(11-14)18(20)6-8-21(9-7-18)16(22)12-24-15-5-10-25-17(15)19/h2-5,10-11H,6-9,12H2,1H3. The second-order valence-corrected chi connectivity index (χ2v) is 7.44. The molecule has 134 valence electrons. The maximum Gasteiger partial charge on any atom is 0.260 e. The molecule has 1 saturated heterocycles. The molecule has 25 heavy (non-hydrogen) atoms. The number of carbonyl (C=O) groups excluding carboxylic acids is 1. The molecule has 7 heteroatoms. The molecule has 0 saturated carbocycles. The van der Waals surface area contributed by atoms with Gasteiger partial charge in [-0.3, -0.25) is 4.79 Å². The zero-order valence-electron chi connectivity index (χ0n) is 13.8. The third-order valence-electron chi connectivity index (χ3n) is 4.43. The number of methoxy groups -OCH3 is 1. The van der Waals surface area contributed by atoms with Gasteiger partial charge in [0, 0.05) is 25.9 Å². The fourth-order valence-corrected chi connectivity index (χ4v) is 3.74. The second kappa shape index (κ2) is 7.62. The number of nitrogens with zero attached hydrogens (tertiary/aromatic N) is 1. The highest BCUT2D eigenvalue weighted by molar-refractivity contribution is 7.14. The Labute approximate surface area is 155 Å². The van der Waals surface area contributed by atoms with Gasteiger partial charge >= 0.3 is 0 Å². The highest BCUT2D eigenvalue weighted by Crippen LogP contribution is 2.38. The van der Waals surface area contributed by atoms with Gasteiger partial charge in [0.2, 0.25) is 0 Å². The number of likely N-dealkylation sites (tertiary alicyclic amines) is 1. The van der Waals surface area contributed by atoms with E-state index in [2.05, 4.69) is 0 Å². The minimum Gasteiger partial charge on any atom is -0.497 e. The van der Waals surface area contributed by atoms with Crippen LogP contribution in [0.5, 0.6) is 11.5 Å². The minimum absolute atomic E-state index is 0.0884. The molecule has 0 aliphatic carbocycles. The molecule has 4 nitrogen and oxygen atoms in total. The van der Waals surface area contributed by atoms with Crippen LogP contribution in [0.4, 0.5) is 4.39 Å². The number of ether oxygens (including phenoxy) is 2. The second-order valence-electron chi connectivity index (χ2n) is 5.93. The molecule has 1 aromatic carbocycles. The van der Waals surface area contributed by atoms with Gasteiger partial charge in [0.15, 0.2) is 6.61 Å². The number of rotatable bonds is 5. The Morgan fingerprint density at radius 1 is 1.36 bits per heavy atom.